The Hall–Kier alpha value is -1.51. The summed E-state index contributed by atoms with van der Waals surface area (Å²) < 4.78 is 0. The smallest absolute Gasteiger partial charge is 0.339 e. The van der Waals surface area contributed by atoms with Gasteiger partial charge in [0.1, 0.15) is 11.3 Å². The fraction of sp³-hybridized carbons (Fsp3) is 0.667. The van der Waals surface area contributed by atoms with Crippen LogP contribution < -0.4 is 0 Å². The third-order valence-corrected chi connectivity index (χ3v) is 5.60. The van der Waals surface area contributed by atoms with Crippen molar-refractivity contribution < 1.29 is 15.0 Å². The number of benzene rings is 1. The van der Waals surface area contributed by atoms with Crippen molar-refractivity contribution in [3.05, 3.63) is 28.8 Å². The van der Waals surface area contributed by atoms with Gasteiger partial charge in [-0.2, -0.15) is 0 Å². The zero-order valence-corrected chi connectivity index (χ0v) is 15.4. The highest BCUT2D eigenvalue weighted by Gasteiger charge is 2.28. The van der Waals surface area contributed by atoms with Gasteiger partial charge in [-0.05, 0) is 47.8 Å². The summed E-state index contributed by atoms with van der Waals surface area (Å²) >= 11 is 0. The van der Waals surface area contributed by atoms with E-state index >= 15 is 0 Å². The minimum absolute atomic E-state index is 0.0116. The molecule has 2 rings (SSSR count). The maximum atomic E-state index is 11.6. The van der Waals surface area contributed by atoms with Crippen molar-refractivity contribution in [2.75, 3.05) is 0 Å². The zero-order chi connectivity index (χ0) is 17.7. The molecule has 0 unspecified atom stereocenters. The molecule has 1 fully saturated rings. The Balaban J connectivity index is 2.40. The Bertz CT molecular complexity index is 569. The monoisotopic (exact) mass is 332 g/mol. The van der Waals surface area contributed by atoms with Crippen LogP contribution in [-0.2, 0) is 5.41 Å². The number of carbonyl (C=O) groups is 1. The van der Waals surface area contributed by atoms with Crippen LogP contribution in [0.4, 0.5) is 0 Å². The summed E-state index contributed by atoms with van der Waals surface area (Å²) in [6.45, 7) is 6.56. The number of carboxylic acid groups (broad SMARTS) is 1. The van der Waals surface area contributed by atoms with Crippen LogP contribution in [0.5, 0.6) is 5.75 Å². The lowest BCUT2D eigenvalue weighted by atomic mass is 9.76. The van der Waals surface area contributed by atoms with Crippen molar-refractivity contribution in [3.8, 4) is 5.75 Å². The van der Waals surface area contributed by atoms with Gasteiger partial charge in [0, 0.05) is 0 Å². The second-order valence-corrected chi connectivity index (χ2v) is 7.94. The Morgan fingerprint density at radius 3 is 2.42 bits per heavy atom. The molecule has 1 aliphatic rings. The number of phenols is 1. The quantitative estimate of drug-likeness (QED) is 0.602. The third kappa shape index (κ3) is 4.31. The minimum Gasteiger partial charge on any atom is -0.507 e. The molecule has 0 amide bonds. The van der Waals surface area contributed by atoms with Crippen molar-refractivity contribution >= 4 is 5.97 Å². The molecule has 1 aliphatic carbocycles. The number of rotatable bonds is 7. The van der Waals surface area contributed by atoms with Crippen LogP contribution in [-0.4, -0.2) is 16.2 Å². The van der Waals surface area contributed by atoms with E-state index in [-0.39, 0.29) is 16.7 Å². The van der Waals surface area contributed by atoms with Crippen molar-refractivity contribution in [2.45, 2.75) is 89.9 Å². The van der Waals surface area contributed by atoms with Crippen LogP contribution in [0.25, 0.3) is 0 Å². The highest BCUT2D eigenvalue weighted by Crippen LogP contribution is 2.42. The molecule has 1 aromatic rings. The van der Waals surface area contributed by atoms with Gasteiger partial charge in [0.15, 0.2) is 0 Å². The number of unbranched alkanes of at least 4 members (excludes halogenated alkanes) is 2. The second kappa shape index (κ2) is 8.04. The van der Waals surface area contributed by atoms with Gasteiger partial charge in [-0.25, -0.2) is 4.79 Å². The van der Waals surface area contributed by atoms with Gasteiger partial charge in [-0.1, -0.05) is 65.4 Å². The van der Waals surface area contributed by atoms with E-state index in [1.165, 1.54) is 19.3 Å². The number of aromatic hydroxyl groups is 1. The number of hydrogen-bond donors (Lipinski definition) is 2. The first-order chi connectivity index (χ1) is 11.4. The Morgan fingerprint density at radius 1 is 1.17 bits per heavy atom. The number of hydrogen-bond acceptors (Lipinski definition) is 2. The fourth-order valence-corrected chi connectivity index (χ4v) is 3.90. The lowest BCUT2D eigenvalue weighted by molar-refractivity contribution is 0.0693. The van der Waals surface area contributed by atoms with E-state index in [2.05, 4.69) is 26.8 Å². The van der Waals surface area contributed by atoms with E-state index < -0.39 is 5.97 Å². The molecule has 0 aliphatic heterocycles. The zero-order valence-electron chi connectivity index (χ0n) is 15.4. The Labute approximate surface area is 146 Å². The van der Waals surface area contributed by atoms with E-state index in [0.717, 1.165) is 49.7 Å². The summed E-state index contributed by atoms with van der Waals surface area (Å²) in [7, 11) is 0. The van der Waals surface area contributed by atoms with Gasteiger partial charge in [-0.3, -0.25) is 0 Å². The van der Waals surface area contributed by atoms with Crippen LogP contribution in [0.3, 0.4) is 0 Å². The lowest BCUT2D eigenvalue weighted by Gasteiger charge is -2.29. The average Bonchev–Trinajstić information content (AvgIpc) is 2.55. The summed E-state index contributed by atoms with van der Waals surface area (Å²) in [5, 5.41) is 20.1. The Morgan fingerprint density at radius 2 is 1.83 bits per heavy atom. The molecule has 3 nitrogen and oxygen atoms in total. The molecule has 1 saturated carbocycles. The normalized spacial score (nSPS) is 16.3. The number of carboxylic acids is 1. The predicted octanol–water partition coefficient (Wildman–Crippen LogP) is 6.00. The maximum Gasteiger partial charge on any atom is 0.339 e. The lowest BCUT2D eigenvalue weighted by Crippen LogP contribution is -2.19. The molecular formula is C21H32O3. The standard InChI is InChI=1S/C21H32O3/c1-4-5-9-12-21(2,3)16-13-17(15-10-7-6-8-11-15)19(22)18(14-16)20(23)24/h13-15,22H,4-12H2,1-3H3,(H,23,24). The summed E-state index contributed by atoms with van der Waals surface area (Å²) in [5.74, 6) is -0.749. The van der Waals surface area contributed by atoms with Crippen LogP contribution in [0.1, 0.15) is 106 Å². The molecule has 0 atom stereocenters. The molecule has 0 saturated heterocycles. The molecule has 3 heteroatoms. The van der Waals surface area contributed by atoms with Gasteiger partial charge < -0.3 is 10.2 Å². The molecule has 0 spiro atoms. The molecule has 0 aromatic heterocycles. The van der Waals surface area contributed by atoms with Crippen LogP contribution in [0, 0.1) is 0 Å². The van der Waals surface area contributed by atoms with Crippen LogP contribution >= 0.6 is 0 Å². The highest BCUT2D eigenvalue weighted by atomic mass is 16.4. The largest absolute Gasteiger partial charge is 0.507 e. The van der Waals surface area contributed by atoms with Crippen molar-refractivity contribution in [2.24, 2.45) is 0 Å². The van der Waals surface area contributed by atoms with Crippen LogP contribution in [0.15, 0.2) is 12.1 Å². The van der Waals surface area contributed by atoms with Gasteiger partial charge in [0.2, 0.25) is 0 Å². The summed E-state index contributed by atoms with van der Waals surface area (Å²) in [6, 6.07) is 3.78. The predicted molar refractivity (Wildman–Crippen MR) is 98.1 cm³/mol. The first-order valence-corrected chi connectivity index (χ1v) is 9.47. The van der Waals surface area contributed by atoms with Crippen LogP contribution in [0.2, 0.25) is 0 Å². The van der Waals surface area contributed by atoms with E-state index in [4.69, 9.17) is 0 Å². The molecular weight excluding hydrogens is 300 g/mol. The summed E-state index contributed by atoms with van der Waals surface area (Å²) in [5.41, 5.74) is 1.90. The average molecular weight is 332 g/mol. The van der Waals surface area contributed by atoms with Crippen molar-refractivity contribution in [1.29, 1.82) is 0 Å². The first kappa shape index (κ1) is 18.8. The number of aromatic carboxylic acids is 1. The van der Waals surface area contributed by atoms with Gasteiger partial charge in [-0.15, -0.1) is 0 Å². The van der Waals surface area contributed by atoms with E-state index in [1.54, 1.807) is 6.07 Å². The summed E-state index contributed by atoms with van der Waals surface area (Å²) in [4.78, 5) is 11.6. The van der Waals surface area contributed by atoms with Gasteiger partial charge in [0.25, 0.3) is 0 Å². The van der Waals surface area contributed by atoms with Gasteiger partial charge >= 0.3 is 5.97 Å². The van der Waals surface area contributed by atoms with Crippen molar-refractivity contribution in [3.63, 3.8) is 0 Å². The van der Waals surface area contributed by atoms with E-state index in [9.17, 15) is 15.0 Å². The van der Waals surface area contributed by atoms with Crippen molar-refractivity contribution in [1.82, 2.24) is 0 Å². The first-order valence-electron chi connectivity index (χ1n) is 9.47. The van der Waals surface area contributed by atoms with E-state index in [1.807, 2.05) is 0 Å². The molecule has 2 N–H and O–H groups in total. The summed E-state index contributed by atoms with van der Waals surface area (Å²) in [6.07, 6.45) is 10.2. The SMILES string of the molecule is CCCCCC(C)(C)c1cc(C(=O)O)c(O)c(C2CCCCC2)c1. The van der Waals surface area contributed by atoms with E-state index in [0.29, 0.717) is 5.92 Å². The highest BCUT2D eigenvalue weighted by molar-refractivity contribution is 5.91. The minimum atomic E-state index is -1.03. The third-order valence-electron chi connectivity index (χ3n) is 5.60. The molecule has 0 bridgehead atoms. The molecule has 1 aromatic carbocycles. The maximum absolute atomic E-state index is 11.6. The molecule has 0 heterocycles. The second-order valence-electron chi connectivity index (χ2n) is 7.94. The fourth-order valence-electron chi connectivity index (χ4n) is 3.90. The Kier molecular flexibility index (Phi) is 6.31. The molecule has 0 radical (unpaired) electrons. The molecule has 24 heavy (non-hydrogen) atoms. The van der Waals surface area contributed by atoms with Gasteiger partial charge in [0.05, 0.1) is 0 Å². The molecule has 134 valence electrons. The topological polar surface area (TPSA) is 57.5 Å².